The standard InChI is InChI=1S/C28H40N2/c1-4-28(3)25-16-15-24(27(28)17-25)19-30-21(2)18-29-20-26(22-11-7-5-8-12-22)23-13-9-6-10-14-23/h5-14,21,24-27,29-30H,4,15-20H2,1-3H3/t21?,24-,25?,27?,28?/m0/s1. The Bertz CT molecular complexity index is 732. The Kier molecular flexibility index (Phi) is 6.95. The molecule has 4 unspecified atom stereocenters. The number of fused-ring (bicyclic) bond motifs is 2. The second-order valence-electron chi connectivity index (χ2n) is 10.1. The fourth-order valence-electron chi connectivity index (χ4n) is 6.25. The van der Waals surface area contributed by atoms with Gasteiger partial charge in [0.25, 0.3) is 0 Å². The van der Waals surface area contributed by atoms with Crippen molar-refractivity contribution in [2.45, 2.75) is 58.4 Å². The van der Waals surface area contributed by atoms with Gasteiger partial charge in [0.2, 0.25) is 0 Å². The molecule has 5 rings (SSSR count). The summed E-state index contributed by atoms with van der Waals surface area (Å²) in [5.74, 6) is 3.24. The van der Waals surface area contributed by atoms with E-state index in [9.17, 15) is 0 Å². The molecule has 0 aromatic heterocycles. The van der Waals surface area contributed by atoms with Crippen LogP contribution < -0.4 is 10.6 Å². The van der Waals surface area contributed by atoms with Crippen LogP contribution in [0.25, 0.3) is 0 Å². The molecule has 5 atom stereocenters. The third-order valence-electron chi connectivity index (χ3n) is 8.47. The Morgan fingerprint density at radius 1 is 0.933 bits per heavy atom. The van der Waals surface area contributed by atoms with E-state index in [2.05, 4.69) is 92.1 Å². The van der Waals surface area contributed by atoms with Crippen LogP contribution in [0.3, 0.4) is 0 Å². The van der Waals surface area contributed by atoms with Gasteiger partial charge in [0.05, 0.1) is 0 Å². The molecule has 0 saturated heterocycles. The van der Waals surface area contributed by atoms with Crippen LogP contribution in [0.4, 0.5) is 0 Å². The maximum Gasteiger partial charge on any atom is 0.0214 e. The van der Waals surface area contributed by atoms with Gasteiger partial charge in [-0.15, -0.1) is 0 Å². The van der Waals surface area contributed by atoms with Crippen LogP contribution in [0.5, 0.6) is 0 Å². The zero-order valence-corrected chi connectivity index (χ0v) is 19.1. The van der Waals surface area contributed by atoms with Crippen molar-refractivity contribution >= 4 is 0 Å². The Balaban J connectivity index is 1.26. The second-order valence-corrected chi connectivity index (χ2v) is 10.1. The molecular formula is C28H40N2. The maximum absolute atomic E-state index is 3.86. The fourth-order valence-corrected chi connectivity index (χ4v) is 6.25. The first-order valence-electron chi connectivity index (χ1n) is 12.2. The maximum atomic E-state index is 3.86. The summed E-state index contributed by atoms with van der Waals surface area (Å²) in [6.07, 6.45) is 5.73. The van der Waals surface area contributed by atoms with E-state index in [4.69, 9.17) is 0 Å². The van der Waals surface area contributed by atoms with Crippen molar-refractivity contribution in [3.8, 4) is 0 Å². The lowest BCUT2D eigenvalue weighted by Gasteiger charge is -2.61. The quantitative estimate of drug-likeness (QED) is 0.519. The van der Waals surface area contributed by atoms with Crippen molar-refractivity contribution in [3.63, 3.8) is 0 Å². The predicted molar refractivity (Wildman–Crippen MR) is 128 cm³/mol. The van der Waals surface area contributed by atoms with Gasteiger partial charge in [0, 0.05) is 25.0 Å². The third kappa shape index (κ3) is 4.50. The second kappa shape index (κ2) is 9.66. The molecule has 2 heteroatoms. The number of hydrogen-bond donors (Lipinski definition) is 2. The van der Waals surface area contributed by atoms with Crippen LogP contribution in [0.1, 0.15) is 63.5 Å². The SMILES string of the molecule is CCC1(C)C2CC[C@@H](CNC(C)CNCC(c3ccccc3)c3ccccc3)C1C2. The van der Waals surface area contributed by atoms with E-state index in [1.165, 1.54) is 43.4 Å². The van der Waals surface area contributed by atoms with Crippen LogP contribution in [0.2, 0.25) is 0 Å². The molecule has 2 N–H and O–H groups in total. The van der Waals surface area contributed by atoms with Gasteiger partial charge < -0.3 is 10.6 Å². The molecule has 0 radical (unpaired) electrons. The van der Waals surface area contributed by atoms with Gasteiger partial charge in [-0.05, 0) is 67.0 Å². The van der Waals surface area contributed by atoms with E-state index in [1.807, 2.05) is 0 Å². The van der Waals surface area contributed by atoms with E-state index in [1.54, 1.807) is 0 Å². The molecule has 162 valence electrons. The predicted octanol–water partition coefficient (Wildman–Crippen LogP) is 5.85. The first kappa shape index (κ1) is 21.6. The van der Waals surface area contributed by atoms with E-state index < -0.39 is 0 Å². The highest BCUT2D eigenvalue weighted by atomic mass is 15.0. The van der Waals surface area contributed by atoms with Gasteiger partial charge in [0.1, 0.15) is 0 Å². The van der Waals surface area contributed by atoms with Crippen molar-refractivity contribution in [1.29, 1.82) is 0 Å². The molecular weight excluding hydrogens is 364 g/mol. The van der Waals surface area contributed by atoms with Gasteiger partial charge in [-0.25, -0.2) is 0 Å². The highest BCUT2D eigenvalue weighted by molar-refractivity contribution is 5.32. The molecule has 3 aliphatic rings. The Labute approximate surface area is 183 Å². The van der Waals surface area contributed by atoms with Crippen molar-refractivity contribution < 1.29 is 0 Å². The molecule has 0 aliphatic heterocycles. The van der Waals surface area contributed by atoms with Crippen molar-refractivity contribution in [3.05, 3.63) is 71.8 Å². The molecule has 3 saturated carbocycles. The third-order valence-corrected chi connectivity index (χ3v) is 8.47. The summed E-state index contributed by atoms with van der Waals surface area (Å²) in [5.41, 5.74) is 3.40. The van der Waals surface area contributed by atoms with Gasteiger partial charge in [-0.1, -0.05) is 80.9 Å². The van der Waals surface area contributed by atoms with E-state index in [0.717, 1.165) is 30.8 Å². The summed E-state index contributed by atoms with van der Waals surface area (Å²) in [4.78, 5) is 0. The zero-order valence-electron chi connectivity index (χ0n) is 19.1. The molecule has 3 fully saturated rings. The van der Waals surface area contributed by atoms with Crippen LogP contribution in [-0.2, 0) is 0 Å². The largest absolute Gasteiger partial charge is 0.314 e. The highest BCUT2D eigenvalue weighted by Crippen LogP contribution is 2.63. The molecule has 2 bridgehead atoms. The van der Waals surface area contributed by atoms with Crippen molar-refractivity contribution in [2.24, 2.45) is 23.2 Å². The smallest absolute Gasteiger partial charge is 0.0214 e. The lowest BCUT2D eigenvalue weighted by molar-refractivity contribution is -0.119. The first-order chi connectivity index (χ1) is 14.6. The Morgan fingerprint density at radius 2 is 1.57 bits per heavy atom. The first-order valence-corrected chi connectivity index (χ1v) is 12.2. The summed E-state index contributed by atoms with van der Waals surface area (Å²) in [5, 5.41) is 7.62. The number of hydrogen-bond acceptors (Lipinski definition) is 2. The number of rotatable bonds is 10. The molecule has 2 aromatic carbocycles. The Morgan fingerprint density at radius 3 is 2.13 bits per heavy atom. The van der Waals surface area contributed by atoms with Gasteiger partial charge >= 0.3 is 0 Å². The van der Waals surface area contributed by atoms with Gasteiger partial charge in [0.15, 0.2) is 0 Å². The average molecular weight is 405 g/mol. The van der Waals surface area contributed by atoms with Crippen molar-refractivity contribution in [2.75, 3.05) is 19.6 Å². The molecule has 0 amide bonds. The van der Waals surface area contributed by atoms with E-state index in [-0.39, 0.29) is 0 Å². The molecule has 3 aliphatic carbocycles. The van der Waals surface area contributed by atoms with Crippen LogP contribution in [0.15, 0.2) is 60.7 Å². The molecule has 0 heterocycles. The minimum Gasteiger partial charge on any atom is -0.314 e. The molecule has 0 spiro atoms. The lowest BCUT2D eigenvalue weighted by Crippen LogP contribution is -2.56. The summed E-state index contributed by atoms with van der Waals surface area (Å²) >= 11 is 0. The van der Waals surface area contributed by atoms with Crippen LogP contribution >= 0.6 is 0 Å². The van der Waals surface area contributed by atoms with E-state index in [0.29, 0.717) is 17.4 Å². The molecule has 2 nitrogen and oxygen atoms in total. The average Bonchev–Trinajstić information content (AvgIpc) is 2.81. The fraction of sp³-hybridized carbons (Fsp3) is 0.571. The minimum atomic E-state index is 0.398. The van der Waals surface area contributed by atoms with Crippen LogP contribution in [-0.4, -0.2) is 25.7 Å². The lowest BCUT2D eigenvalue weighted by atomic mass is 9.44. The summed E-state index contributed by atoms with van der Waals surface area (Å²) in [6.45, 7) is 10.5. The zero-order chi connectivity index (χ0) is 21.0. The van der Waals surface area contributed by atoms with Gasteiger partial charge in [-0.2, -0.15) is 0 Å². The summed E-state index contributed by atoms with van der Waals surface area (Å²) in [7, 11) is 0. The molecule has 30 heavy (non-hydrogen) atoms. The summed E-state index contributed by atoms with van der Waals surface area (Å²) in [6, 6.07) is 22.3. The van der Waals surface area contributed by atoms with Crippen molar-refractivity contribution in [1.82, 2.24) is 10.6 Å². The topological polar surface area (TPSA) is 24.1 Å². The normalized spacial score (nSPS) is 28.9. The van der Waals surface area contributed by atoms with Crippen LogP contribution in [0, 0.1) is 23.2 Å². The monoisotopic (exact) mass is 404 g/mol. The highest BCUT2D eigenvalue weighted by Gasteiger charge is 2.55. The Hall–Kier alpha value is -1.64. The molecule has 2 aromatic rings. The number of nitrogens with one attached hydrogen (secondary N) is 2. The number of benzene rings is 2. The summed E-state index contributed by atoms with van der Waals surface area (Å²) < 4.78 is 0. The minimum absolute atomic E-state index is 0.398. The van der Waals surface area contributed by atoms with E-state index >= 15 is 0 Å². The van der Waals surface area contributed by atoms with Gasteiger partial charge in [-0.3, -0.25) is 0 Å².